The lowest BCUT2D eigenvalue weighted by Crippen LogP contribution is -2.44. The van der Waals surface area contributed by atoms with Gasteiger partial charge in [-0.3, -0.25) is 14.4 Å². The summed E-state index contributed by atoms with van der Waals surface area (Å²) in [7, 11) is 0. The molecule has 1 aliphatic rings. The first-order chi connectivity index (χ1) is 8.91. The summed E-state index contributed by atoms with van der Waals surface area (Å²) in [6.45, 7) is 3.57. The molecule has 0 spiro atoms. The van der Waals surface area contributed by atoms with E-state index in [1.54, 1.807) is 0 Å². The van der Waals surface area contributed by atoms with Crippen molar-refractivity contribution in [2.45, 2.75) is 45.6 Å². The molecule has 0 saturated heterocycles. The minimum Gasteiger partial charge on any atom is -0.481 e. The molecule has 0 aliphatic heterocycles. The maximum atomic E-state index is 11.9. The van der Waals surface area contributed by atoms with Crippen molar-refractivity contribution in [3.8, 4) is 0 Å². The Bertz CT molecular complexity index is 355. The molecule has 0 unspecified atom stereocenters. The molecule has 0 aromatic rings. The SMILES string of the molecule is CC(C)NC(=O)CNC(=O)[C@@H]1CCCC[C@@H]1C(=O)O. The molecule has 6 nitrogen and oxygen atoms in total. The van der Waals surface area contributed by atoms with Crippen LogP contribution in [0.4, 0.5) is 0 Å². The summed E-state index contributed by atoms with van der Waals surface area (Å²) in [5, 5.41) is 14.3. The summed E-state index contributed by atoms with van der Waals surface area (Å²) in [5.41, 5.74) is 0. The van der Waals surface area contributed by atoms with Crippen LogP contribution in [0, 0.1) is 11.8 Å². The Hall–Kier alpha value is -1.59. The number of carbonyl (C=O) groups is 3. The van der Waals surface area contributed by atoms with E-state index in [4.69, 9.17) is 5.11 Å². The molecule has 0 aromatic heterocycles. The van der Waals surface area contributed by atoms with E-state index in [2.05, 4.69) is 10.6 Å². The highest BCUT2D eigenvalue weighted by Gasteiger charge is 2.35. The third-order valence-electron chi connectivity index (χ3n) is 3.29. The van der Waals surface area contributed by atoms with Gasteiger partial charge in [0.25, 0.3) is 0 Å². The highest BCUT2D eigenvalue weighted by atomic mass is 16.4. The summed E-state index contributed by atoms with van der Waals surface area (Å²) < 4.78 is 0. The second-order valence-electron chi connectivity index (χ2n) is 5.28. The maximum absolute atomic E-state index is 11.9. The van der Waals surface area contributed by atoms with Gasteiger partial charge in [0.15, 0.2) is 0 Å². The van der Waals surface area contributed by atoms with Crippen LogP contribution < -0.4 is 10.6 Å². The van der Waals surface area contributed by atoms with Crippen molar-refractivity contribution in [1.29, 1.82) is 0 Å². The van der Waals surface area contributed by atoms with Crippen LogP contribution in [0.15, 0.2) is 0 Å². The number of carboxylic acids is 1. The van der Waals surface area contributed by atoms with Gasteiger partial charge in [0, 0.05) is 6.04 Å². The number of amides is 2. The van der Waals surface area contributed by atoms with E-state index in [0.717, 1.165) is 12.8 Å². The van der Waals surface area contributed by atoms with Crippen molar-refractivity contribution in [2.75, 3.05) is 6.54 Å². The first-order valence-electron chi connectivity index (χ1n) is 6.71. The van der Waals surface area contributed by atoms with E-state index in [9.17, 15) is 14.4 Å². The van der Waals surface area contributed by atoms with Gasteiger partial charge in [0.2, 0.25) is 11.8 Å². The molecule has 1 rings (SSSR count). The number of nitrogens with one attached hydrogen (secondary N) is 2. The van der Waals surface area contributed by atoms with Gasteiger partial charge < -0.3 is 15.7 Å². The average molecular weight is 270 g/mol. The van der Waals surface area contributed by atoms with Crippen molar-refractivity contribution in [1.82, 2.24) is 10.6 Å². The van der Waals surface area contributed by atoms with E-state index in [0.29, 0.717) is 12.8 Å². The smallest absolute Gasteiger partial charge is 0.307 e. The molecule has 0 bridgehead atoms. The zero-order chi connectivity index (χ0) is 14.4. The summed E-state index contributed by atoms with van der Waals surface area (Å²) in [6, 6.07) is 0.0193. The van der Waals surface area contributed by atoms with Gasteiger partial charge in [0.05, 0.1) is 18.4 Å². The molecular weight excluding hydrogens is 248 g/mol. The predicted molar refractivity (Wildman–Crippen MR) is 69.4 cm³/mol. The largest absolute Gasteiger partial charge is 0.481 e. The molecule has 2 atom stereocenters. The van der Waals surface area contributed by atoms with Gasteiger partial charge in [-0.15, -0.1) is 0 Å². The van der Waals surface area contributed by atoms with Crippen molar-refractivity contribution < 1.29 is 19.5 Å². The fourth-order valence-corrected chi connectivity index (χ4v) is 2.41. The van der Waals surface area contributed by atoms with E-state index >= 15 is 0 Å². The lowest BCUT2D eigenvalue weighted by Gasteiger charge is -2.27. The molecule has 1 aliphatic carbocycles. The quantitative estimate of drug-likeness (QED) is 0.678. The predicted octanol–water partition coefficient (Wildman–Crippen LogP) is 0.518. The van der Waals surface area contributed by atoms with Gasteiger partial charge in [-0.1, -0.05) is 12.8 Å². The Labute approximate surface area is 112 Å². The van der Waals surface area contributed by atoms with Crippen LogP contribution in [-0.4, -0.2) is 35.5 Å². The van der Waals surface area contributed by atoms with Gasteiger partial charge >= 0.3 is 5.97 Å². The summed E-state index contributed by atoms with van der Waals surface area (Å²) >= 11 is 0. The van der Waals surface area contributed by atoms with Crippen LogP contribution >= 0.6 is 0 Å². The minimum atomic E-state index is -0.925. The van der Waals surface area contributed by atoms with Crippen molar-refractivity contribution in [3.63, 3.8) is 0 Å². The number of rotatable bonds is 5. The molecule has 0 radical (unpaired) electrons. The standard InChI is InChI=1S/C13H22N2O4/c1-8(2)15-11(16)7-14-12(17)9-5-3-4-6-10(9)13(18)19/h8-10H,3-7H2,1-2H3,(H,14,17)(H,15,16)(H,18,19)/t9-,10+/m1/s1. The van der Waals surface area contributed by atoms with Gasteiger partial charge in [-0.05, 0) is 26.7 Å². The lowest BCUT2D eigenvalue weighted by molar-refractivity contribution is -0.149. The second-order valence-corrected chi connectivity index (χ2v) is 5.28. The fraction of sp³-hybridized carbons (Fsp3) is 0.769. The van der Waals surface area contributed by atoms with Crippen LogP contribution in [0.3, 0.4) is 0 Å². The number of hydrogen-bond acceptors (Lipinski definition) is 3. The first kappa shape index (κ1) is 15.5. The maximum Gasteiger partial charge on any atom is 0.307 e. The normalized spacial score (nSPS) is 22.9. The van der Waals surface area contributed by atoms with Gasteiger partial charge in [0.1, 0.15) is 0 Å². The molecular formula is C13H22N2O4. The molecule has 1 saturated carbocycles. The molecule has 108 valence electrons. The van der Waals surface area contributed by atoms with E-state index in [1.165, 1.54) is 0 Å². The highest BCUT2D eigenvalue weighted by Crippen LogP contribution is 2.30. The highest BCUT2D eigenvalue weighted by molar-refractivity contribution is 5.88. The van der Waals surface area contributed by atoms with E-state index < -0.39 is 17.8 Å². The topological polar surface area (TPSA) is 95.5 Å². The third kappa shape index (κ3) is 4.89. The third-order valence-corrected chi connectivity index (χ3v) is 3.29. The summed E-state index contributed by atoms with van der Waals surface area (Å²) in [6.07, 6.45) is 2.81. The van der Waals surface area contributed by atoms with Gasteiger partial charge in [-0.25, -0.2) is 0 Å². The van der Waals surface area contributed by atoms with Crippen LogP contribution in [0.1, 0.15) is 39.5 Å². The molecule has 3 N–H and O–H groups in total. The Morgan fingerprint density at radius 3 is 2.26 bits per heavy atom. The van der Waals surface area contributed by atoms with Crippen molar-refractivity contribution in [2.24, 2.45) is 11.8 Å². The number of aliphatic carboxylic acids is 1. The van der Waals surface area contributed by atoms with Gasteiger partial charge in [-0.2, -0.15) is 0 Å². The van der Waals surface area contributed by atoms with E-state index in [-0.39, 0.29) is 24.4 Å². The van der Waals surface area contributed by atoms with Crippen molar-refractivity contribution >= 4 is 17.8 Å². The van der Waals surface area contributed by atoms with Crippen LogP contribution in [-0.2, 0) is 14.4 Å². The average Bonchev–Trinajstić information content (AvgIpc) is 2.35. The molecule has 1 fully saturated rings. The van der Waals surface area contributed by atoms with Crippen LogP contribution in [0.5, 0.6) is 0 Å². The number of carbonyl (C=O) groups excluding carboxylic acids is 2. The molecule has 6 heteroatoms. The Kier molecular flexibility index (Phi) is 5.79. The molecule has 0 aromatic carbocycles. The Morgan fingerprint density at radius 1 is 1.16 bits per heavy atom. The zero-order valence-corrected chi connectivity index (χ0v) is 11.4. The molecule has 0 heterocycles. The Balaban J connectivity index is 2.47. The fourth-order valence-electron chi connectivity index (χ4n) is 2.41. The lowest BCUT2D eigenvalue weighted by atomic mass is 9.79. The first-order valence-corrected chi connectivity index (χ1v) is 6.71. The van der Waals surface area contributed by atoms with Crippen molar-refractivity contribution in [3.05, 3.63) is 0 Å². The van der Waals surface area contributed by atoms with Crippen LogP contribution in [0.25, 0.3) is 0 Å². The molecule has 19 heavy (non-hydrogen) atoms. The van der Waals surface area contributed by atoms with E-state index in [1.807, 2.05) is 13.8 Å². The minimum absolute atomic E-state index is 0.0193. The number of hydrogen-bond donors (Lipinski definition) is 3. The Morgan fingerprint density at radius 2 is 1.74 bits per heavy atom. The molecule has 2 amide bonds. The zero-order valence-electron chi connectivity index (χ0n) is 11.4. The summed E-state index contributed by atoms with van der Waals surface area (Å²) in [5.74, 6) is -2.65. The summed E-state index contributed by atoms with van der Waals surface area (Å²) in [4.78, 5) is 34.5. The second kappa shape index (κ2) is 7.11. The van der Waals surface area contributed by atoms with Crippen LogP contribution in [0.2, 0.25) is 0 Å². The number of carboxylic acid groups (broad SMARTS) is 1. The monoisotopic (exact) mass is 270 g/mol.